The molecular weight excluding hydrogens is 326 g/mol. The first kappa shape index (κ1) is 16.2. The number of hydrogen-bond acceptors (Lipinski definition) is 4. The van der Waals surface area contributed by atoms with Crippen LogP contribution in [0, 0.1) is 11.3 Å². The van der Waals surface area contributed by atoms with Crippen molar-refractivity contribution in [2.75, 3.05) is 5.32 Å². The maximum absolute atomic E-state index is 12.4. The Bertz CT molecular complexity index is 928. The van der Waals surface area contributed by atoms with Crippen molar-refractivity contribution >= 4 is 21.6 Å². The minimum Gasteiger partial charge on any atom is -0.321 e. The zero-order valence-corrected chi connectivity index (χ0v) is 13.5. The van der Waals surface area contributed by atoms with Crippen LogP contribution in [0.15, 0.2) is 53.4 Å². The van der Waals surface area contributed by atoms with Crippen molar-refractivity contribution in [1.82, 2.24) is 4.72 Å². The number of hydrogen-bond donors (Lipinski definition) is 2. The molecule has 6 nitrogen and oxygen atoms in total. The average Bonchev–Trinajstić information content (AvgIpc) is 3.39. The number of benzene rings is 2. The van der Waals surface area contributed by atoms with Crippen LogP contribution in [0.25, 0.3) is 0 Å². The van der Waals surface area contributed by atoms with Gasteiger partial charge >= 0.3 is 0 Å². The molecule has 0 bridgehead atoms. The SMILES string of the molecule is N#Cc1ccccc1NC(=O)c1cccc(S(=O)(=O)NC2CC2)c1. The molecule has 7 heteroatoms. The Balaban J connectivity index is 1.83. The number of nitrogens with one attached hydrogen (secondary N) is 2. The van der Waals surface area contributed by atoms with Gasteiger partial charge < -0.3 is 5.32 Å². The maximum Gasteiger partial charge on any atom is 0.255 e. The van der Waals surface area contributed by atoms with Gasteiger partial charge in [0.25, 0.3) is 5.91 Å². The third kappa shape index (κ3) is 3.62. The van der Waals surface area contributed by atoms with Crippen molar-refractivity contribution in [1.29, 1.82) is 5.26 Å². The number of nitriles is 1. The van der Waals surface area contributed by atoms with Gasteiger partial charge in [0, 0.05) is 11.6 Å². The van der Waals surface area contributed by atoms with Gasteiger partial charge in [-0.2, -0.15) is 5.26 Å². The summed E-state index contributed by atoms with van der Waals surface area (Å²) in [4.78, 5) is 12.4. The van der Waals surface area contributed by atoms with Crippen molar-refractivity contribution in [3.8, 4) is 6.07 Å². The van der Waals surface area contributed by atoms with Crippen LogP contribution in [0.4, 0.5) is 5.69 Å². The fraction of sp³-hybridized carbons (Fsp3) is 0.176. The van der Waals surface area contributed by atoms with Crippen LogP contribution >= 0.6 is 0 Å². The number of carbonyl (C=O) groups is 1. The number of para-hydroxylation sites is 1. The fourth-order valence-electron chi connectivity index (χ4n) is 2.18. The third-order valence-corrected chi connectivity index (χ3v) is 5.12. The van der Waals surface area contributed by atoms with Gasteiger partial charge in [-0.3, -0.25) is 4.79 Å². The van der Waals surface area contributed by atoms with E-state index in [4.69, 9.17) is 5.26 Å². The van der Waals surface area contributed by atoms with Crippen LogP contribution in [0.2, 0.25) is 0 Å². The van der Waals surface area contributed by atoms with Gasteiger partial charge in [-0.15, -0.1) is 0 Å². The van der Waals surface area contributed by atoms with Gasteiger partial charge in [-0.1, -0.05) is 18.2 Å². The lowest BCUT2D eigenvalue weighted by Crippen LogP contribution is -2.26. The Morgan fingerprint density at radius 3 is 2.58 bits per heavy atom. The van der Waals surface area contributed by atoms with E-state index in [-0.39, 0.29) is 16.5 Å². The van der Waals surface area contributed by atoms with Crippen LogP contribution in [0.1, 0.15) is 28.8 Å². The second-order valence-electron chi connectivity index (χ2n) is 5.53. The minimum absolute atomic E-state index is 0.00464. The van der Waals surface area contributed by atoms with Gasteiger partial charge in [-0.25, -0.2) is 13.1 Å². The van der Waals surface area contributed by atoms with Crippen LogP contribution in [0.3, 0.4) is 0 Å². The summed E-state index contributed by atoms with van der Waals surface area (Å²) in [5.41, 5.74) is 0.931. The molecule has 0 radical (unpaired) electrons. The first-order valence-corrected chi connectivity index (χ1v) is 8.91. The topological polar surface area (TPSA) is 99.1 Å². The van der Waals surface area contributed by atoms with E-state index < -0.39 is 15.9 Å². The highest BCUT2D eigenvalue weighted by Gasteiger charge is 2.28. The smallest absolute Gasteiger partial charge is 0.255 e. The minimum atomic E-state index is -3.62. The Morgan fingerprint density at radius 1 is 1.12 bits per heavy atom. The van der Waals surface area contributed by atoms with Crippen molar-refractivity contribution in [3.63, 3.8) is 0 Å². The van der Waals surface area contributed by atoms with E-state index in [1.54, 1.807) is 24.3 Å². The number of anilines is 1. The molecule has 1 aliphatic carbocycles. The number of carbonyl (C=O) groups excluding carboxylic acids is 1. The van der Waals surface area contributed by atoms with Gasteiger partial charge in [0.15, 0.2) is 0 Å². The third-order valence-electron chi connectivity index (χ3n) is 3.60. The lowest BCUT2D eigenvalue weighted by Gasteiger charge is -2.09. The molecule has 0 unspecified atom stereocenters. The quantitative estimate of drug-likeness (QED) is 0.871. The molecule has 122 valence electrons. The summed E-state index contributed by atoms with van der Waals surface area (Å²) >= 11 is 0. The van der Waals surface area contributed by atoms with E-state index >= 15 is 0 Å². The monoisotopic (exact) mass is 341 g/mol. The van der Waals surface area contributed by atoms with E-state index in [0.717, 1.165) is 12.8 Å². The molecule has 0 spiro atoms. The summed E-state index contributed by atoms with van der Waals surface area (Å²) in [6.07, 6.45) is 1.68. The Morgan fingerprint density at radius 2 is 1.88 bits per heavy atom. The van der Waals surface area contributed by atoms with E-state index in [1.165, 1.54) is 24.3 Å². The number of sulfonamides is 1. The number of amides is 1. The lowest BCUT2D eigenvalue weighted by molar-refractivity contribution is 0.102. The van der Waals surface area contributed by atoms with E-state index in [0.29, 0.717) is 11.3 Å². The van der Waals surface area contributed by atoms with Gasteiger partial charge in [0.1, 0.15) is 6.07 Å². The summed E-state index contributed by atoms with van der Waals surface area (Å²) in [6, 6.07) is 14.4. The molecule has 1 amide bonds. The summed E-state index contributed by atoms with van der Waals surface area (Å²) < 4.78 is 27.0. The zero-order valence-electron chi connectivity index (χ0n) is 12.7. The molecule has 2 aromatic rings. The standard InChI is InChI=1S/C17H15N3O3S/c18-11-13-4-1-2-7-16(13)19-17(21)12-5-3-6-15(10-12)24(22,23)20-14-8-9-14/h1-7,10,14,20H,8-9H2,(H,19,21). The van der Waals surface area contributed by atoms with Gasteiger partial charge in [-0.05, 0) is 43.2 Å². The normalized spacial score (nSPS) is 14.0. The molecule has 1 saturated carbocycles. The fourth-order valence-corrected chi connectivity index (χ4v) is 3.53. The second kappa shape index (κ2) is 6.43. The predicted molar refractivity (Wildman–Crippen MR) is 88.9 cm³/mol. The first-order chi connectivity index (χ1) is 11.5. The zero-order chi connectivity index (χ0) is 17.2. The summed E-state index contributed by atoms with van der Waals surface area (Å²) in [7, 11) is -3.62. The summed E-state index contributed by atoms with van der Waals surface area (Å²) in [5.74, 6) is -0.471. The summed E-state index contributed by atoms with van der Waals surface area (Å²) in [6.45, 7) is 0. The molecule has 2 aromatic carbocycles. The molecule has 0 heterocycles. The molecule has 1 aliphatic rings. The molecule has 24 heavy (non-hydrogen) atoms. The van der Waals surface area contributed by atoms with Crippen molar-refractivity contribution < 1.29 is 13.2 Å². The highest BCUT2D eigenvalue weighted by Crippen LogP contribution is 2.23. The summed E-state index contributed by atoms with van der Waals surface area (Å²) in [5, 5.41) is 11.7. The highest BCUT2D eigenvalue weighted by atomic mass is 32.2. The van der Waals surface area contributed by atoms with Crippen molar-refractivity contribution in [2.45, 2.75) is 23.8 Å². The Hall–Kier alpha value is -2.69. The van der Waals surface area contributed by atoms with E-state index in [9.17, 15) is 13.2 Å². The molecule has 0 saturated heterocycles. The largest absolute Gasteiger partial charge is 0.321 e. The van der Waals surface area contributed by atoms with Gasteiger partial charge in [0.2, 0.25) is 10.0 Å². The lowest BCUT2D eigenvalue weighted by atomic mass is 10.1. The molecule has 2 N–H and O–H groups in total. The second-order valence-corrected chi connectivity index (χ2v) is 7.25. The van der Waals surface area contributed by atoms with Crippen LogP contribution in [0.5, 0.6) is 0 Å². The van der Waals surface area contributed by atoms with Crippen LogP contribution < -0.4 is 10.0 Å². The Labute approximate surface area is 140 Å². The number of nitrogens with zero attached hydrogens (tertiary/aromatic N) is 1. The predicted octanol–water partition coefficient (Wildman–Crippen LogP) is 2.25. The molecular formula is C17H15N3O3S. The average molecular weight is 341 g/mol. The molecule has 0 atom stereocenters. The Kier molecular flexibility index (Phi) is 4.34. The van der Waals surface area contributed by atoms with E-state index in [1.807, 2.05) is 6.07 Å². The first-order valence-electron chi connectivity index (χ1n) is 7.42. The molecule has 0 aliphatic heterocycles. The van der Waals surface area contributed by atoms with E-state index in [2.05, 4.69) is 10.0 Å². The number of rotatable bonds is 5. The molecule has 0 aromatic heterocycles. The van der Waals surface area contributed by atoms with Crippen LogP contribution in [-0.4, -0.2) is 20.4 Å². The molecule has 3 rings (SSSR count). The van der Waals surface area contributed by atoms with Crippen molar-refractivity contribution in [2.24, 2.45) is 0 Å². The molecule has 1 fully saturated rings. The van der Waals surface area contributed by atoms with Crippen molar-refractivity contribution in [3.05, 3.63) is 59.7 Å². The van der Waals surface area contributed by atoms with Gasteiger partial charge in [0.05, 0.1) is 16.1 Å². The maximum atomic E-state index is 12.4. The highest BCUT2D eigenvalue weighted by molar-refractivity contribution is 7.89. The van der Waals surface area contributed by atoms with Crippen LogP contribution in [-0.2, 0) is 10.0 Å².